The lowest BCUT2D eigenvalue weighted by molar-refractivity contribution is -0.116. The Balaban J connectivity index is 2.78. The van der Waals surface area contributed by atoms with Gasteiger partial charge in [0.15, 0.2) is 0 Å². The smallest absolute Gasteiger partial charge is 0.339 e. The molecule has 0 saturated carbocycles. The molecule has 1 amide bonds. The SMILES string of the molecule is COC(=O)c1ccc(F)cc1NC(=O)CCCCCl. The van der Waals surface area contributed by atoms with Gasteiger partial charge in [-0.1, -0.05) is 0 Å². The fraction of sp³-hybridized carbons (Fsp3) is 0.385. The molecule has 0 atom stereocenters. The maximum Gasteiger partial charge on any atom is 0.339 e. The minimum absolute atomic E-state index is 0.114. The van der Waals surface area contributed by atoms with Gasteiger partial charge in [-0.05, 0) is 31.0 Å². The molecule has 6 heteroatoms. The second-order valence-corrected chi connectivity index (χ2v) is 4.25. The molecule has 0 aliphatic heterocycles. The molecule has 19 heavy (non-hydrogen) atoms. The highest BCUT2D eigenvalue weighted by Crippen LogP contribution is 2.18. The second-order valence-electron chi connectivity index (χ2n) is 3.88. The number of carbonyl (C=O) groups is 2. The lowest BCUT2D eigenvalue weighted by Gasteiger charge is -2.09. The van der Waals surface area contributed by atoms with Gasteiger partial charge in [0.1, 0.15) is 5.82 Å². The van der Waals surface area contributed by atoms with Gasteiger partial charge in [-0.25, -0.2) is 9.18 Å². The largest absolute Gasteiger partial charge is 0.465 e. The van der Waals surface area contributed by atoms with Gasteiger partial charge >= 0.3 is 5.97 Å². The number of hydrogen-bond acceptors (Lipinski definition) is 3. The maximum absolute atomic E-state index is 13.2. The Bertz CT molecular complexity index is 465. The molecule has 0 heterocycles. The third-order valence-electron chi connectivity index (χ3n) is 2.45. The van der Waals surface area contributed by atoms with Crippen LogP contribution in [0.3, 0.4) is 0 Å². The molecule has 104 valence electrons. The summed E-state index contributed by atoms with van der Waals surface area (Å²) in [5.41, 5.74) is 0.234. The van der Waals surface area contributed by atoms with Gasteiger partial charge in [0.25, 0.3) is 0 Å². The van der Waals surface area contributed by atoms with Crippen molar-refractivity contribution < 1.29 is 18.7 Å². The molecular formula is C13H15ClFNO3. The average Bonchev–Trinajstić information content (AvgIpc) is 2.38. The molecule has 0 aliphatic rings. The Morgan fingerprint density at radius 2 is 2.11 bits per heavy atom. The van der Waals surface area contributed by atoms with Crippen molar-refractivity contribution in [2.45, 2.75) is 19.3 Å². The van der Waals surface area contributed by atoms with Crippen LogP contribution in [0, 0.1) is 5.82 Å². The summed E-state index contributed by atoms with van der Waals surface area (Å²) >= 11 is 5.51. The molecule has 0 unspecified atom stereocenters. The number of ether oxygens (including phenoxy) is 1. The molecule has 0 radical (unpaired) electrons. The van der Waals surface area contributed by atoms with Crippen LogP contribution in [0.25, 0.3) is 0 Å². The van der Waals surface area contributed by atoms with Crippen molar-refractivity contribution in [2.24, 2.45) is 0 Å². The topological polar surface area (TPSA) is 55.4 Å². The van der Waals surface area contributed by atoms with E-state index in [0.29, 0.717) is 12.3 Å². The average molecular weight is 288 g/mol. The lowest BCUT2D eigenvalue weighted by Crippen LogP contribution is -2.15. The highest BCUT2D eigenvalue weighted by atomic mass is 35.5. The standard InChI is InChI=1S/C13H15ClFNO3/c1-19-13(18)10-6-5-9(15)8-11(10)16-12(17)4-2-3-7-14/h5-6,8H,2-4,7H2,1H3,(H,16,17). The minimum Gasteiger partial charge on any atom is -0.465 e. The third kappa shape index (κ3) is 4.87. The van der Waals surface area contributed by atoms with Gasteiger partial charge in [0, 0.05) is 12.3 Å². The molecule has 0 bridgehead atoms. The van der Waals surface area contributed by atoms with Crippen molar-refractivity contribution in [3.05, 3.63) is 29.6 Å². The normalized spacial score (nSPS) is 10.1. The van der Waals surface area contributed by atoms with E-state index < -0.39 is 11.8 Å². The number of rotatable bonds is 6. The monoisotopic (exact) mass is 287 g/mol. The zero-order valence-corrected chi connectivity index (χ0v) is 11.3. The summed E-state index contributed by atoms with van der Waals surface area (Å²) in [5, 5.41) is 2.50. The number of methoxy groups -OCH3 is 1. The molecule has 0 aromatic heterocycles. The number of anilines is 1. The van der Waals surface area contributed by atoms with Gasteiger partial charge in [-0.15, -0.1) is 11.6 Å². The lowest BCUT2D eigenvalue weighted by atomic mass is 10.1. The summed E-state index contributed by atoms with van der Waals surface area (Å²) in [4.78, 5) is 23.1. The minimum atomic E-state index is -0.629. The van der Waals surface area contributed by atoms with Crippen molar-refractivity contribution in [2.75, 3.05) is 18.3 Å². The van der Waals surface area contributed by atoms with E-state index in [9.17, 15) is 14.0 Å². The van der Waals surface area contributed by atoms with Crippen LogP contribution in [0.1, 0.15) is 29.6 Å². The van der Waals surface area contributed by atoms with E-state index in [4.69, 9.17) is 11.6 Å². The number of nitrogens with one attached hydrogen (secondary N) is 1. The second kappa shape index (κ2) is 7.74. The summed E-state index contributed by atoms with van der Waals surface area (Å²) in [6, 6.07) is 3.50. The van der Waals surface area contributed by atoms with Crippen LogP contribution in [-0.2, 0) is 9.53 Å². The van der Waals surface area contributed by atoms with Crippen LogP contribution < -0.4 is 5.32 Å². The first kappa shape index (κ1) is 15.4. The number of halogens is 2. The molecule has 1 rings (SSSR count). The molecule has 0 spiro atoms. The number of alkyl halides is 1. The predicted octanol–water partition coefficient (Wildman–Crippen LogP) is 2.96. The van der Waals surface area contributed by atoms with E-state index in [1.807, 2.05) is 0 Å². The summed E-state index contributed by atoms with van der Waals surface area (Å²) in [5.74, 6) is -0.971. The Morgan fingerprint density at radius 3 is 2.74 bits per heavy atom. The van der Waals surface area contributed by atoms with Gasteiger partial charge < -0.3 is 10.1 Å². The number of amides is 1. The van der Waals surface area contributed by atoms with Crippen LogP contribution in [0.15, 0.2) is 18.2 Å². The van der Waals surface area contributed by atoms with E-state index in [0.717, 1.165) is 18.6 Å². The predicted molar refractivity (Wildman–Crippen MR) is 70.9 cm³/mol. The van der Waals surface area contributed by atoms with Crippen molar-refractivity contribution in [1.29, 1.82) is 0 Å². The van der Waals surface area contributed by atoms with E-state index in [-0.39, 0.29) is 23.6 Å². The summed E-state index contributed by atoms with van der Waals surface area (Å²) in [6.45, 7) is 0. The number of unbranched alkanes of at least 4 members (excludes halogenated alkanes) is 1. The molecule has 0 aliphatic carbocycles. The fourth-order valence-electron chi connectivity index (χ4n) is 1.50. The van der Waals surface area contributed by atoms with Crippen molar-refractivity contribution >= 4 is 29.2 Å². The zero-order chi connectivity index (χ0) is 14.3. The molecular weight excluding hydrogens is 273 g/mol. The summed E-state index contributed by atoms with van der Waals surface area (Å²) in [6.07, 6.45) is 1.63. The van der Waals surface area contributed by atoms with Gasteiger partial charge in [0.05, 0.1) is 18.4 Å². The molecule has 0 fully saturated rings. The van der Waals surface area contributed by atoms with Gasteiger partial charge in [-0.3, -0.25) is 4.79 Å². The van der Waals surface area contributed by atoms with Crippen molar-refractivity contribution in [3.63, 3.8) is 0 Å². The van der Waals surface area contributed by atoms with Gasteiger partial charge in [-0.2, -0.15) is 0 Å². The van der Waals surface area contributed by atoms with Crippen molar-refractivity contribution in [1.82, 2.24) is 0 Å². The fourth-order valence-corrected chi connectivity index (χ4v) is 1.69. The molecule has 1 aromatic carbocycles. The number of hydrogen-bond donors (Lipinski definition) is 1. The first-order valence-electron chi connectivity index (χ1n) is 5.82. The van der Waals surface area contributed by atoms with E-state index in [2.05, 4.69) is 10.1 Å². The van der Waals surface area contributed by atoms with E-state index in [1.54, 1.807) is 0 Å². The molecule has 4 nitrogen and oxygen atoms in total. The number of benzene rings is 1. The van der Waals surface area contributed by atoms with E-state index in [1.165, 1.54) is 13.2 Å². The van der Waals surface area contributed by atoms with E-state index >= 15 is 0 Å². The Labute approximate surface area is 115 Å². The summed E-state index contributed by atoms with van der Waals surface area (Å²) < 4.78 is 17.7. The van der Waals surface area contributed by atoms with Gasteiger partial charge in [0.2, 0.25) is 5.91 Å². The zero-order valence-electron chi connectivity index (χ0n) is 10.5. The van der Waals surface area contributed by atoms with Crippen LogP contribution >= 0.6 is 11.6 Å². The highest BCUT2D eigenvalue weighted by molar-refractivity contribution is 6.17. The first-order chi connectivity index (χ1) is 9.08. The molecule has 0 saturated heterocycles. The quantitative estimate of drug-likeness (QED) is 0.497. The first-order valence-corrected chi connectivity index (χ1v) is 6.35. The highest BCUT2D eigenvalue weighted by Gasteiger charge is 2.14. The van der Waals surface area contributed by atoms with Crippen LogP contribution in [0.4, 0.5) is 10.1 Å². The Morgan fingerprint density at radius 1 is 1.37 bits per heavy atom. The Hall–Kier alpha value is -1.62. The molecule has 1 N–H and O–H groups in total. The van der Waals surface area contributed by atoms with Crippen LogP contribution in [-0.4, -0.2) is 24.9 Å². The maximum atomic E-state index is 13.2. The summed E-state index contributed by atoms with van der Waals surface area (Å²) in [7, 11) is 1.22. The number of esters is 1. The van der Waals surface area contributed by atoms with Crippen LogP contribution in [0.5, 0.6) is 0 Å². The number of carbonyl (C=O) groups excluding carboxylic acids is 2. The third-order valence-corrected chi connectivity index (χ3v) is 2.72. The van der Waals surface area contributed by atoms with Crippen LogP contribution in [0.2, 0.25) is 0 Å². The Kier molecular flexibility index (Phi) is 6.29. The molecule has 1 aromatic rings. The van der Waals surface area contributed by atoms with Crippen molar-refractivity contribution in [3.8, 4) is 0 Å².